The number of hydrogen-bond donors (Lipinski definition) is 2. The molecule has 1 saturated heterocycles. The maximum absolute atomic E-state index is 12.5. The minimum atomic E-state index is -0.405. The fourth-order valence-electron chi connectivity index (χ4n) is 1.76. The van der Waals surface area contributed by atoms with Gasteiger partial charge >= 0.3 is 0 Å². The van der Waals surface area contributed by atoms with Crippen LogP contribution in [0.1, 0.15) is 19.3 Å². The van der Waals surface area contributed by atoms with Crippen LogP contribution in [0.3, 0.4) is 0 Å². The Balaban J connectivity index is 1.71. The van der Waals surface area contributed by atoms with Gasteiger partial charge in [-0.25, -0.2) is 14.4 Å². The molecule has 0 aliphatic carbocycles. The van der Waals surface area contributed by atoms with Gasteiger partial charge in [-0.05, 0) is 25.8 Å². The normalized spacial score (nSPS) is 20.5. The van der Waals surface area contributed by atoms with E-state index in [1.165, 1.54) is 25.2 Å². The molecular weight excluding hydrogens is 195 g/mol. The second-order valence-corrected chi connectivity index (χ2v) is 3.73. The third kappa shape index (κ3) is 3.13. The molecule has 2 rings (SSSR count). The molecule has 0 spiro atoms. The van der Waals surface area contributed by atoms with E-state index in [0.29, 0.717) is 12.0 Å². The van der Waals surface area contributed by atoms with Crippen molar-refractivity contribution in [3.8, 4) is 0 Å². The topological polar surface area (TPSA) is 49.8 Å². The maximum Gasteiger partial charge on any atom is 0.222 e. The Morgan fingerprint density at radius 1 is 1.47 bits per heavy atom. The first-order valence-electron chi connectivity index (χ1n) is 5.29. The highest BCUT2D eigenvalue weighted by atomic mass is 19.1. The predicted molar refractivity (Wildman–Crippen MR) is 56.1 cm³/mol. The summed E-state index contributed by atoms with van der Waals surface area (Å²) < 4.78 is 12.5. The van der Waals surface area contributed by atoms with Crippen LogP contribution in [0.4, 0.5) is 10.3 Å². The Bertz CT molecular complexity index is 295. The molecule has 15 heavy (non-hydrogen) atoms. The first-order valence-corrected chi connectivity index (χ1v) is 5.29. The van der Waals surface area contributed by atoms with Crippen LogP contribution in [0, 0.1) is 5.82 Å². The number of nitrogens with one attached hydrogen (secondary N) is 2. The Kier molecular flexibility index (Phi) is 3.45. The number of anilines is 1. The molecule has 1 atom stereocenters. The van der Waals surface area contributed by atoms with E-state index in [1.807, 2.05) is 0 Å². The van der Waals surface area contributed by atoms with Gasteiger partial charge in [0.1, 0.15) is 0 Å². The highest BCUT2D eigenvalue weighted by Gasteiger charge is 2.12. The first-order chi connectivity index (χ1) is 7.34. The number of rotatable bonds is 4. The summed E-state index contributed by atoms with van der Waals surface area (Å²) in [7, 11) is 0. The maximum atomic E-state index is 12.5. The molecule has 1 fully saturated rings. The Labute approximate surface area is 88.3 Å². The lowest BCUT2D eigenvalue weighted by Crippen LogP contribution is -2.24. The van der Waals surface area contributed by atoms with Crippen molar-refractivity contribution < 1.29 is 4.39 Å². The van der Waals surface area contributed by atoms with Crippen molar-refractivity contribution in [2.45, 2.75) is 25.3 Å². The van der Waals surface area contributed by atoms with E-state index in [1.54, 1.807) is 0 Å². The molecule has 82 valence electrons. The summed E-state index contributed by atoms with van der Waals surface area (Å²) in [5.74, 6) is 0.0902. The minimum Gasteiger partial charge on any atom is -0.354 e. The molecule has 0 saturated carbocycles. The molecular formula is C10H15FN4. The van der Waals surface area contributed by atoms with Gasteiger partial charge in [-0.15, -0.1) is 0 Å². The zero-order valence-corrected chi connectivity index (χ0v) is 8.54. The van der Waals surface area contributed by atoms with Gasteiger partial charge in [0, 0.05) is 12.6 Å². The van der Waals surface area contributed by atoms with Gasteiger partial charge in [-0.3, -0.25) is 0 Å². The summed E-state index contributed by atoms with van der Waals surface area (Å²) in [5, 5.41) is 6.48. The lowest BCUT2D eigenvalue weighted by molar-refractivity contribution is 0.573. The van der Waals surface area contributed by atoms with E-state index in [4.69, 9.17) is 0 Å². The summed E-state index contributed by atoms with van der Waals surface area (Å²) in [5.41, 5.74) is 0. The van der Waals surface area contributed by atoms with Crippen molar-refractivity contribution >= 4 is 5.95 Å². The summed E-state index contributed by atoms with van der Waals surface area (Å²) in [6.45, 7) is 1.95. The molecule has 2 N–H and O–H groups in total. The van der Waals surface area contributed by atoms with Crippen LogP contribution in [0.25, 0.3) is 0 Å². The van der Waals surface area contributed by atoms with Gasteiger partial charge in [0.2, 0.25) is 5.95 Å². The number of hydrogen-bond acceptors (Lipinski definition) is 4. The highest BCUT2D eigenvalue weighted by molar-refractivity contribution is 5.22. The summed E-state index contributed by atoms with van der Waals surface area (Å²) >= 11 is 0. The molecule has 0 bridgehead atoms. The van der Waals surface area contributed by atoms with Crippen LogP contribution in [-0.2, 0) is 0 Å². The standard InChI is InChI=1S/C10H15FN4/c11-8-6-14-10(15-7-8)13-5-3-9-2-1-4-12-9/h6-7,9,12H,1-5H2,(H,13,14,15)/t9-/m0/s1. The van der Waals surface area contributed by atoms with Crippen LogP contribution < -0.4 is 10.6 Å². The molecule has 1 aromatic heterocycles. The predicted octanol–water partition coefficient (Wildman–Crippen LogP) is 1.17. The molecule has 0 unspecified atom stereocenters. The van der Waals surface area contributed by atoms with Gasteiger partial charge in [-0.1, -0.05) is 0 Å². The fraction of sp³-hybridized carbons (Fsp3) is 0.600. The highest BCUT2D eigenvalue weighted by Crippen LogP contribution is 2.08. The van der Waals surface area contributed by atoms with Crippen molar-refractivity contribution in [2.24, 2.45) is 0 Å². The third-order valence-corrected chi connectivity index (χ3v) is 2.56. The summed E-state index contributed by atoms with van der Waals surface area (Å²) in [6, 6.07) is 0.609. The molecule has 2 heterocycles. The van der Waals surface area contributed by atoms with Gasteiger partial charge < -0.3 is 10.6 Å². The molecule has 0 amide bonds. The van der Waals surface area contributed by atoms with E-state index in [9.17, 15) is 4.39 Å². The number of nitrogens with zero attached hydrogens (tertiary/aromatic N) is 2. The lowest BCUT2D eigenvalue weighted by atomic mass is 10.1. The molecule has 1 aliphatic rings. The Morgan fingerprint density at radius 3 is 2.93 bits per heavy atom. The molecule has 4 nitrogen and oxygen atoms in total. The second kappa shape index (κ2) is 5.02. The van der Waals surface area contributed by atoms with Crippen LogP contribution in [-0.4, -0.2) is 29.1 Å². The average Bonchev–Trinajstić information content (AvgIpc) is 2.74. The van der Waals surface area contributed by atoms with Crippen LogP contribution in [0.2, 0.25) is 0 Å². The number of halogens is 1. The van der Waals surface area contributed by atoms with Crippen molar-refractivity contribution in [2.75, 3.05) is 18.4 Å². The van der Waals surface area contributed by atoms with Crippen molar-refractivity contribution in [1.29, 1.82) is 0 Å². The zero-order valence-electron chi connectivity index (χ0n) is 8.54. The van der Waals surface area contributed by atoms with Crippen LogP contribution in [0.5, 0.6) is 0 Å². The number of aromatic nitrogens is 2. The second-order valence-electron chi connectivity index (χ2n) is 3.73. The van der Waals surface area contributed by atoms with Gasteiger partial charge in [-0.2, -0.15) is 0 Å². The molecule has 1 aliphatic heterocycles. The fourth-order valence-corrected chi connectivity index (χ4v) is 1.76. The third-order valence-electron chi connectivity index (χ3n) is 2.56. The van der Waals surface area contributed by atoms with E-state index in [-0.39, 0.29) is 0 Å². The van der Waals surface area contributed by atoms with Gasteiger partial charge in [0.15, 0.2) is 5.82 Å². The van der Waals surface area contributed by atoms with Gasteiger partial charge in [0.25, 0.3) is 0 Å². The van der Waals surface area contributed by atoms with E-state index in [2.05, 4.69) is 20.6 Å². The summed E-state index contributed by atoms with van der Waals surface area (Å²) in [4.78, 5) is 7.65. The molecule has 5 heteroatoms. The van der Waals surface area contributed by atoms with E-state index >= 15 is 0 Å². The smallest absolute Gasteiger partial charge is 0.222 e. The molecule has 0 aromatic carbocycles. The Hall–Kier alpha value is -1.23. The first kappa shape index (κ1) is 10.3. The largest absolute Gasteiger partial charge is 0.354 e. The lowest BCUT2D eigenvalue weighted by Gasteiger charge is -2.10. The Morgan fingerprint density at radius 2 is 2.27 bits per heavy atom. The quantitative estimate of drug-likeness (QED) is 0.783. The van der Waals surface area contributed by atoms with E-state index < -0.39 is 5.82 Å². The molecule has 1 aromatic rings. The minimum absolute atomic E-state index is 0.405. The molecule has 0 radical (unpaired) electrons. The van der Waals surface area contributed by atoms with Crippen LogP contribution in [0.15, 0.2) is 12.4 Å². The van der Waals surface area contributed by atoms with E-state index in [0.717, 1.165) is 19.5 Å². The average molecular weight is 210 g/mol. The SMILES string of the molecule is Fc1cnc(NCC[C@@H]2CCCN2)nc1. The van der Waals surface area contributed by atoms with Gasteiger partial charge in [0.05, 0.1) is 12.4 Å². The van der Waals surface area contributed by atoms with Crippen LogP contribution >= 0.6 is 0 Å². The van der Waals surface area contributed by atoms with Crippen molar-refractivity contribution in [1.82, 2.24) is 15.3 Å². The summed E-state index contributed by atoms with van der Waals surface area (Å²) in [6.07, 6.45) is 5.90. The van der Waals surface area contributed by atoms with Crippen molar-refractivity contribution in [3.63, 3.8) is 0 Å². The monoisotopic (exact) mass is 210 g/mol. The van der Waals surface area contributed by atoms with Crippen molar-refractivity contribution in [3.05, 3.63) is 18.2 Å². The zero-order chi connectivity index (χ0) is 10.5.